The number of carboxylic acid groups (broad SMARTS) is 1. The van der Waals surface area contributed by atoms with Gasteiger partial charge in [0, 0.05) is 25.6 Å². The fourth-order valence-electron chi connectivity index (χ4n) is 1.37. The molecule has 0 spiro atoms. The molecule has 1 N–H and O–H groups in total. The van der Waals surface area contributed by atoms with Crippen LogP contribution in [0.1, 0.15) is 33.6 Å². The van der Waals surface area contributed by atoms with Gasteiger partial charge in [-0.2, -0.15) is 0 Å². The minimum atomic E-state index is -0.968. The molecule has 17 heavy (non-hydrogen) atoms. The Morgan fingerprint density at radius 3 is 2.18 bits per heavy atom. The second kappa shape index (κ2) is 6.44. The van der Waals surface area contributed by atoms with Crippen LogP contribution < -0.4 is 0 Å². The number of carbonyl (C=O) groups excluding carboxylic acids is 1. The molecule has 0 aliphatic carbocycles. The van der Waals surface area contributed by atoms with Gasteiger partial charge in [0.05, 0.1) is 7.11 Å². The third kappa shape index (κ3) is 5.53. The summed E-state index contributed by atoms with van der Waals surface area (Å²) in [6.07, 6.45) is -0.217. The van der Waals surface area contributed by atoms with E-state index in [1.807, 2.05) is 20.8 Å². The molecule has 100 valence electrons. The maximum Gasteiger partial charge on any atom is 0.407 e. The molecule has 0 radical (unpaired) electrons. The molecule has 0 aliphatic heterocycles. The maximum atomic E-state index is 11.4. The zero-order valence-electron chi connectivity index (χ0n) is 11.2. The quantitative estimate of drug-likeness (QED) is 0.747. The summed E-state index contributed by atoms with van der Waals surface area (Å²) >= 11 is 0. The van der Waals surface area contributed by atoms with E-state index in [0.29, 0.717) is 13.0 Å². The number of hydrogen-bond acceptors (Lipinski definition) is 3. The summed E-state index contributed by atoms with van der Waals surface area (Å²) in [6, 6.07) is 0. The Morgan fingerprint density at radius 2 is 1.82 bits per heavy atom. The third-order valence-corrected chi connectivity index (χ3v) is 2.44. The summed E-state index contributed by atoms with van der Waals surface area (Å²) in [5, 5.41) is 10.2. The molecule has 0 saturated heterocycles. The highest BCUT2D eigenvalue weighted by Gasteiger charge is 2.25. The molecule has 2 amide bonds. The Bertz CT molecular complexity index is 273. The van der Waals surface area contributed by atoms with E-state index in [4.69, 9.17) is 9.94 Å². The van der Waals surface area contributed by atoms with Gasteiger partial charge in [-0.15, -0.1) is 0 Å². The second-order valence-corrected chi connectivity index (χ2v) is 4.78. The van der Waals surface area contributed by atoms with E-state index in [0.717, 1.165) is 5.06 Å². The van der Waals surface area contributed by atoms with Crippen LogP contribution in [0.15, 0.2) is 0 Å². The molecule has 0 saturated carbocycles. The van der Waals surface area contributed by atoms with E-state index in [1.165, 1.54) is 19.1 Å². The van der Waals surface area contributed by atoms with Gasteiger partial charge in [0.1, 0.15) is 0 Å². The van der Waals surface area contributed by atoms with Gasteiger partial charge in [-0.1, -0.05) is 0 Å². The number of amides is 2. The molecule has 6 nitrogen and oxygen atoms in total. The molecule has 0 heterocycles. The van der Waals surface area contributed by atoms with Crippen molar-refractivity contribution >= 4 is 12.0 Å². The second-order valence-electron chi connectivity index (χ2n) is 4.78. The normalized spacial score (nSPS) is 11.1. The molecule has 0 aromatic carbocycles. The average molecular weight is 246 g/mol. The van der Waals surface area contributed by atoms with Crippen molar-refractivity contribution in [3.8, 4) is 0 Å². The van der Waals surface area contributed by atoms with Gasteiger partial charge >= 0.3 is 6.09 Å². The van der Waals surface area contributed by atoms with Crippen LogP contribution in [0, 0.1) is 0 Å². The van der Waals surface area contributed by atoms with Gasteiger partial charge in [0.15, 0.2) is 0 Å². The smallest absolute Gasteiger partial charge is 0.407 e. The molecule has 0 aliphatic rings. The van der Waals surface area contributed by atoms with Gasteiger partial charge in [-0.05, 0) is 27.2 Å². The molecule has 0 aromatic heterocycles. The lowest BCUT2D eigenvalue weighted by atomic mass is 10.1. The van der Waals surface area contributed by atoms with E-state index < -0.39 is 11.6 Å². The summed E-state index contributed by atoms with van der Waals surface area (Å²) < 4.78 is 0. The van der Waals surface area contributed by atoms with Crippen molar-refractivity contribution in [1.29, 1.82) is 0 Å². The Labute approximate surface area is 102 Å². The topological polar surface area (TPSA) is 70.1 Å². The predicted octanol–water partition coefficient (Wildman–Crippen LogP) is 1.56. The van der Waals surface area contributed by atoms with Gasteiger partial charge in [-0.25, -0.2) is 9.86 Å². The first-order chi connectivity index (χ1) is 7.70. The Hall–Kier alpha value is -1.30. The molecule has 6 heteroatoms. The fraction of sp³-hybridized carbons (Fsp3) is 0.818. The van der Waals surface area contributed by atoms with Gasteiger partial charge in [-0.3, -0.25) is 9.63 Å². The largest absolute Gasteiger partial charge is 0.465 e. The first-order valence-corrected chi connectivity index (χ1v) is 5.51. The van der Waals surface area contributed by atoms with Crippen molar-refractivity contribution in [3.05, 3.63) is 0 Å². The number of hydrogen-bond donors (Lipinski definition) is 1. The molecule has 0 aromatic rings. The van der Waals surface area contributed by atoms with Crippen LogP contribution in [0.3, 0.4) is 0 Å². The third-order valence-electron chi connectivity index (χ3n) is 2.44. The summed E-state index contributed by atoms with van der Waals surface area (Å²) in [4.78, 5) is 28.5. The first-order valence-electron chi connectivity index (χ1n) is 5.51. The monoisotopic (exact) mass is 246 g/mol. The van der Waals surface area contributed by atoms with Crippen LogP contribution in [-0.2, 0) is 9.63 Å². The summed E-state index contributed by atoms with van der Waals surface area (Å²) in [7, 11) is 2.94. The minimum absolute atomic E-state index is 0.160. The molecular formula is C11H22N2O4. The first kappa shape index (κ1) is 15.7. The van der Waals surface area contributed by atoms with E-state index >= 15 is 0 Å². The number of hydroxylamine groups is 2. The standard InChI is InChI=1S/C11H22N2O4/c1-11(2,3)13(10(15)16)8-6-7-9(14)12(4)17-5/h6-8H2,1-5H3,(H,15,16). The lowest BCUT2D eigenvalue weighted by Gasteiger charge is -2.33. The Kier molecular flexibility index (Phi) is 5.95. The predicted molar refractivity (Wildman–Crippen MR) is 63.5 cm³/mol. The fourth-order valence-corrected chi connectivity index (χ4v) is 1.37. The molecule has 0 unspecified atom stereocenters. The summed E-state index contributed by atoms with van der Waals surface area (Å²) in [5.41, 5.74) is -0.456. The highest BCUT2D eigenvalue weighted by molar-refractivity contribution is 5.74. The van der Waals surface area contributed by atoms with E-state index in [2.05, 4.69) is 0 Å². The summed E-state index contributed by atoms with van der Waals surface area (Å²) in [5.74, 6) is -0.160. The number of carbonyl (C=O) groups is 2. The van der Waals surface area contributed by atoms with Crippen molar-refractivity contribution < 1.29 is 19.5 Å². The maximum absolute atomic E-state index is 11.4. The molecule has 0 bridgehead atoms. The van der Waals surface area contributed by atoms with Crippen molar-refractivity contribution in [3.63, 3.8) is 0 Å². The van der Waals surface area contributed by atoms with E-state index in [1.54, 1.807) is 0 Å². The van der Waals surface area contributed by atoms with Crippen LogP contribution in [0.5, 0.6) is 0 Å². The Morgan fingerprint density at radius 1 is 1.29 bits per heavy atom. The molecule has 0 fully saturated rings. The van der Waals surface area contributed by atoms with Gasteiger partial charge in [0.2, 0.25) is 5.91 Å². The van der Waals surface area contributed by atoms with Crippen molar-refractivity contribution in [1.82, 2.24) is 9.96 Å². The van der Waals surface area contributed by atoms with Crippen LogP contribution in [-0.4, -0.2) is 53.3 Å². The van der Waals surface area contributed by atoms with Gasteiger partial charge in [0.25, 0.3) is 0 Å². The lowest BCUT2D eigenvalue weighted by Crippen LogP contribution is -2.45. The highest BCUT2D eigenvalue weighted by atomic mass is 16.7. The Balaban J connectivity index is 4.17. The SMILES string of the molecule is CON(C)C(=O)CCCN(C(=O)O)C(C)(C)C. The highest BCUT2D eigenvalue weighted by Crippen LogP contribution is 2.14. The molecule has 0 atom stereocenters. The van der Waals surface area contributed by atoms with Crippen LogP contribution >= 0.6 is 0 Å². The van der Waals surface area contributed by atoms with E-state index in [-0.39, 0.29) is 12.3 Å². The average Bonchev–Trinajstić information content (AvgIpc) is 2.20. The van der Waals surface area contributed by atoms with Crippen molar-refractivity contribution in [2.75, 3.05) is 20.7 Å². The van der Waals surface area contributed by atoms with Crippen molar-refractivity contribution in [2.24, 2.45) is 0 Å². The van der Waals surface area contributed by atoms with Crippen LogP contribution in [0.4, 0.5) is 4.79 Å². The zero-order chi connectivity index (χ0) is 13.6. The number of nitrogens with zero attached hydrogens (tertiary/aromatic N) is 2. The van der Waals surface area contributed by atoms with Gasteiger partial charge < -0.3 is 10.0 Å². The molecular weight excluding hydrogens is 224 g/mol. The zero-order valence-corrected chi connectivity index (χ0v) is 11.2. The van der Waals surface area contributed by atoms with Crippen LogP contribution in [0.2, 0.25) is 0 Å². The van der Waals surface area contributed by atoms with Crippen molar-refractivity contribution in [2.45, 2.75) is 39.2 Å². The number of rotatable bonds is 5. The lowest BCUT2D eigenvalue weighted by molar-refractivity contribution is -0.168. The van der Waals surface area contributed by atoms with Crippen LogP contribution in [0.25, 0.3) is 0 Å². The van der Waals surface area contributed by atoms with E-state index in [9.17, 15) is 9.59 Å². The summed E-state index contributed by atoms with van der Waals surface area (Å²) in [6.45, 7) is 5.81. The minimum Gasteiger partial charge on any atom is -0.465 e. The molecule has 0 rings (SSSR count).